The zero-order chi connectivity index (χ0) is 68.6. The number of benzene rings is 2. The molecule has 7 rings (SSSR count). The van der Waals surface area contributed by atoms with E-state index in [0.29, 0.717) is 18.4 Å². The van der Waals surface area contributed by atoms with Crippen molar-refractivity contribution in [3.8, 4) is 17.2 Å². The molecule has 0 radical (unpaired) electrons. The molecule has 10 unspecified atom stereocenters. The highest BCUT2D eigenvalue weighted by Crippen LogP contribution is 2.54. The van der Waals surface area contributed by atoms with E-state index in [-0.39, 0.29) is 54.2 Å². The Kier molecular flexibility index (Phi) is 21.5. The van der Waals surface area contributed by atoms with Gasteiger partial charge in [-0.3, -0.25) is 58.1 Å². The number of fused-ring (bicyclic) bond motifs is 4. The molecule has 0 aromatic heterocycles. The number of nitrogens with zero attached hydrogens (tertiary/aromatic N) is 7. The zero-order valence-electron chi connectivity index (χ0n) is 54.9. The smallest absolute Gasteiger partial charge is 0.329 e. The van der Waals surface area contributed by atoms with Crippen LogP contribution >= 0.6 is 0 Å². The molecule has 4 fully saturated rings. The van der Waals surface area contributed by atoms with Crippen molar-refractivity contribution < 1.29 is 81.8 Å². The Morgan fingerprint density at radius 1 is 0.620 bits per heavy atom. The summed E-state index contributed by atoms with van der Waals surface area (Å²) >= 11 is 0. The molecule has 2 aromatic rings. The average molecular weight is 1290 g/mol. The number of hydrogen-bond donors (Lipinski definition) is 6. The number of carbonyl (C=O) groups is 12. The first-order valence-electron chi connectivity index (χ1n) is 30.9. The van der Waals surface area contributed by atoms with E-state index in [1.807, 2.05) is 0 Å². The molecule has 6 N–H and O–H groups in total. The van der Waals surface area contributed by atoms with Gasteiger partial charge in [0.25, 0.3) is 11.8 Å². The molecule has 10 amide bonds. The van der Waals surface area contributed by atoms with Crippen LogP contribution in [0.5, 0.6) is 17.2 Å². The Morgan fingerprint density at radius 2 is 1.04 bits per heavy atom. The Morgan fingerprint density at radius 3 is 1.45 bits per heavy atom. The van der Waals surface area contributed by atoms with Crippen LogP contribution in [0, 0.1) is 47.6 Å². The van der Waals surface area contributed by atoms with Crippen LogP contribution in [0.3, 0.4) is 0 Å². The second-order valence-electron chi connectivity index (χ2n) is 25.8. The predicted octanol–water partition coefficient (Wildman–Crippen LogP) is 2.00. The summed E-state index contributed by atoms with van der Waals surface area (Å²) < 4.78 is 18.2. The standard InChI is InChI=1S/C62H86N12O18/c1-27(2)41-59(84)72-23-17-19-36(72)57(82)68(13)25-38(75)70(15)47(29(5)6)61(86)90-33(11)43(55(80)64-41)66-53(78)35-22-21-31(9)51-45(35)63-46-40(49(74(88)89)50(77)32(10)52(46)92-51)54(79)67-44-34(12)91-62(87)48(30(7)8)71(16)39(76)26-69(14)58(83)37-20-18-24-73(37)60(85)42(28(3)4)65-56(44)81/h21-22,27-30,33-34,36-37,41-44,47-48,63,77H,17-20,23-26H2,1-16H3,(H,64,80)(H,65,81)(H,66,78)(H,67,79). The number of nitrogens with one attached hydrogen (secondary N) is 5. The molecule has 30 heteroatoms. The van der Waals surface area contributed by atoms with Gasteiger partial charge in [-0.1, -0.05) is 61.5 Å². The number of cyclic esters (lactones) is 2. The van der Waals surface area contributed by atoms with Gasteiger partial charge in [0.05, 0.1) is 29.3 Å². The largest absolute Gasteiger partial charge is 0.502 e. The summed E-state index contributed by atoms with van der Waals surface area (Å²) in [6.45, 7) is 17.7. The van der Waals surface area contributed by atoms with E-state index >= 15 is 9.59 Å². The van der Waals surface area contributed by atoms with Crippen molar-refractivity contribution in [1.29, 1.82) is 0 Å². The summed E-state index contributed by atoms with van der Waals surface area (Å²) in [6.07, 6.45) is -1.92. The Hall–Kier alpha value is -9.12. The lowest BCUT2D eigenvalue weighted by Crippen LogP contribution is -2.61. The molecule has 30 nitrogen and oxygen atoms in total. The van der Waals surface area contributed by atoms with Crippen LogP contribution in [0.1, 0.15) is 127 Å². The summed E-state index contributed by atoms with van der Waals surface area (Å²) in [5.41, 5.74) is -3.31. The maximum Gasteiger partial charge on any atom is 0.329 e. The highest BCUT2D eigenvalue weighted by molar-refractivity contribution is 6.12. The second kappa shape index (κ2) is 28.2. The summed E-state index contributed by atoms with van der Waals surface area (Å²) in [5.74, 6) is -14.5. The van der Waals surface area contributed by atoms with Crippen LogP contribution < -0.4 is 31.3 Å². The number of rotatable bonds is 9. The molecule has 5 aliphatic heterocycles. The summed E-state index contributed by atoms with van der Waals surface area (Å²) in [4.78, 5) is 193. The van der Waals surface area contributed by atoms with E-state index < -0.39 is 196 Å². The zero-order valence-corrected chi connectivity index (χ0v) is 54.9. The van der Waals surface area contributed by atoms with E-state index in [9.17, 15) is 63.2 Å². The van der Waals surface area contributed by atoms with Gasteiger partial charge >= 0.3 is 17.6 Å². The number of aromatic hydroxyl groups is 1. The summed E-state index contributed by atoms with van der Waals surface area (Å²) in [5, 5.41) is 38.3. The predicted molar refractivity (Wildman–Crippen MR) is 329 cm³/mol. The number of anilines is 2. The van der Waals surface area contributed by atoms with Gasteiger partial charge in [-0.05, 0) is 88.7 Å². The molecule has 5 heterocycles. The van der Waals surface area contributed by atoms with Crippen molar-refractivity contribution in [2.45, 2.75) is 169 Å². The second-order valence-corrected chi connectivity index (χ2v) is 25.8. The third-order valence-electron chi connectivity index (χ3n) is 17.7. The molecular formula is C62H86N12O18. The van der Waals surface area contributed by atoms with E-state index in [0.717, 1.165) is 14.7 Å². The minimum Gasteiger partial charge on any atom is -0.502 e. The van der Waals surface area contributed by atoms with Gasteiger partial charge in [0, 0.05) is 46.8 Å². The van der Waals surface area contributed by atoms with E-state index in [1.54, 1.807) is 62.3 Å². The quantitative estimate of drug-likeness (QED) is 0.0772. The molecular weight excluding hydrogens is 1200 g/mol. The molecule has 92 heavy (non-hydrogen) atoms. The third-order valence-corrected chi connectivity index (χ3v) is 17.7. The first-order valence-corrected chi connectivity index (χ1v) is 30.9. The molecule has 5 aliphatic rings. The lowest BCUT2D eigenvalue weighted by Gasteiger charge is -2.36. The van der Waals surface area contributed by atoms with Gasteiger partial charge in [-0.2, -0.15) is 0 Å². The molecule has 502 valence electrons. The third kappa shape index (κ3) is 14.0. The number of likely N-dealkylation sites (N-methyl/N-ethyl adjacent to an activating group) is 4. The maximum atomic E-state index is 15.3. The number of carbonyl (C=O) groups excluding carboxylic acids is 12. The number of amides is 10. The van der Waals surface area contributed by atoms with Gasteiger partial charge in [0.15, 0.2) is 11.5 Å². The van der Waals surface area contributed by atoms with E-state index in [2.05, 4.69) is 26.6 Å². The lowest BCUT2D eigenvalue weighted by molar-refractivity contribution is -0.386. The Balaban J connectivity index is 1.31. The number of esters is 2. The highest BCUT2D eigenvalue weighted by Gasteiger charge is 2.48. The average Bonchev–Trinajstić information content (AvgIpc) is 0.881. The van der Waals surface area contributed by atoms with Gasteiger partial charge < -0.3 is 75.3 Å². The van der Waals surface area contributed by atoms with Crippen molar-refractivity contribution in [1.82, 2.24) is 50.7 Å². The number of ether oxygens (including phenoxy) is 3. The van der Waals surface area contributed by atoms with Gasteiger partial charge in [0.2, 0.25) is 53.0 Å². The SMILES string of the molecule is Cc1ccc(C(=O)NC2C(=O)NC(C(C)C)C(=O)N3CCCC3C(=O)N(C)CC(=O)N(C)C(C(C)C)C(=O)OC2C)c2c1Oc1c(C)c(O)c([N+](=O)[O-])c(C(=O)NC3C(=O)NC(C(C)C)C(=O)N4CCCC4C(=O)N(C)CC(=O)N(C)C(C(C)C)C(=O)OC3C)c1N2. The van der Waals surface area contributed by atoms with Crippen LogP contribution in [0.2, 0.25) is 0 Å². The number of nitro benzene ring substituents is 1. The van der Waals surface area contributed by atoms with Crippen molar-refractivity contribution in [2.75, 3.05) is 59.7 Å². The van der Waals surface area contributed by atoms with Gasteiger partial charge in [-0.15, -0.1) is 0 Å². The van der Waals surface area contributed by atoms with Gasteiger partial charge in [-0.25, -0.2) is 9.59 Å². The first kappa shape index (κ1) is 70.3. The fraction of sp³-hybridized carbons (Fsp3) is 0.613. The summed E-state index contributed by atoms with van der Waals surface area (Å²) in [7, 11) is 5.49. The number of aryl methyl sites for hydroxylation is 1. The van der Waals surface area contributed by atoms with Crippen molar-refractivity contribution >= 4 is 88.1 Å². The van der Waals surface area contributed by atoms with Crippen molar-refractivity contribution in [2.24, 2.45) is 23.7 Å². The highest BCUT2D eigenvalue weighted by atomic mass is 16.6. The molecule has 0 saturated carbocycles. The number of phenolic OH excluding ortho intramolecular Hbond substituents is 1. The van der Waals surface area contributed by atoms with Gasteiger partial charge in [0.1, 0.15) is 71.8 Å². The normalized spacial score (nSPS) is 26.0. The molecule has 0 bridgehead atoms. The van der Waals surface area contributed by atoms with Crippen LogP contribution in [0.25, 0.3) is 0 Å². The minimum absolute atomic E-state index is 0.112. The molecule has 2 aromatic carbocycles. The van der Waals surface area contributed by atoms with Crippen LogP contribution in [0.15, 0.2) is 12.1 Å². The maximum absolute atomic E-state index is 15.3. The fourth-order valence-electron chi connectivity index (χ4n) is 12.5. The number of hydrogen-bond acceptors (Lipinski definition) is 19. The first-order chi connectivity index (χ1) is 43.0. The molecule has 0 aliphatic carbocycles. The number of phenols is 1. The number of nitro groups is 1. The van der Waals surface area contributed by atoms with Crippen LogP contribution in [-0.2, 0) is 57.4 Å². The van der Waals surface area contributed by atoms with Crippen LogP contribution in [-0.4, -0.2) is 225 Å². The topological polar surface area (TPSA) is 375 Å². The van der Waals surface area contributed by atoms with E-state index in [4.69, 9.17) is 14.2 Å². The van der Waals surface area contributed by atoms with E-state index in [1.165, 1.54) is 75.8 Å². The lowest BCUT2D eigenvalue weighted by atomic mass is 9.97. The molecule has 0 spiro atoms. The van der Waals surface area contributed by atoms with Crippen molar-refractivity contribution in [3.05, 3.63) is 44.5 Å². The fourth-order valence-corrected chi connectivity index (χ4v) is 12.5. The molecule has 10 atom stereocenters. The monoisotopic (exact) mass is 1290 g/mol. The molecule has 4 saturated heterocycles. The summed E-state index contributed by atoms with van der Waals surface area (Å²) in [6, 6.07) is -8.45. The minimum atomic E-state index is -2.03. The van der Waals surface area contributed by atoms with Crippen LogP contribution in [0.4, 0.5) is 17.1 Å². The Labute approximate surface area is 533 Å². The Bertz CT molecular complexity index is 3350. The van der Waals surface area contributed by atoms with Crippen molar-refractivity contribution in [3.63, 3.8) is 0 Å².